The highest BCUT2D eigenvalue weighted by Crippen LogP contribution is 2.49. The first-order chi connectivity index (χ1) is 12.8. The van der Waals surface area contributed by atoms with Crippen LogP contribution in [0.2, 0.25) is 5.02 Å². The van der Waals surface area contributed by atoms with Gasteiger partial charge in [0.25, 0.3) is 5.91 Å². The van der Waals surface area contributed by atoms with E-state index in [4.69, 9.17) is 21.1 Å². The molecule has 0 radical (unpaired) electrons. The predicted octanol–water partition coefficient (Wildman–Crippen LogP) is 3.71. The fraction of sp³-hybridized carbons (Fsp3) is 0.600. The number of nitrogens with zero attached hydrogens (tertiary/aromatic N) is 1. The lowest BCUT2D eigenvalue weighted by atomic mass is 9.81. The van der Waals surface area contributed by atoms with Crippen molar-refractivity contribution in [3.63, 3.8) is 0 Å². The van der Waals surface area contributed by atoms with Crippen molar-refractivity contribution in [3.8, 4) is 11.5 Å². The van der Waals surface area contributed by atoms with Crippen LogP contribution in [0.25, 0.3) is 0 Å². The molecule has 3 rings (SSSR count). The minimum atomic E-state index is -0.802. The van der Waals surface area contributed by atoms with Gasteiger partial charge in [-0.3, -0.25) is 9.59 Å². The number of hydrogen-bond donors (Lipinski definition) is 1. The van der Waals surface area contributed by atoms with E-state index in [0.29, 0.717) is 47.6 Å². The van der Waals surface area contributed by atoms with Crippen molar-refractivity contribution in [1.29, 1.82) is 0 Å². The largest absolute Gasteiger partial charge is 0.493 e. The van der Waals surface area contributed by atoms with Crippen molar-refractivity contribution in [3.05, 3.63) is 22.7 Å². The molecule has 1 aromatic carbocycles. The van der Waals surface area contributed by atoms with E-state index in [2.05, 4.69) is 0 Å². The molecule has 2 fully saturated rings. The Kier molecular flexibility index (Phi) is 5.56. The lowest BCUT2D eigenvalue weighted by Crippen LogP contribution is -2.37. The molecular formula is C20H26ClNO5. The standard InChI is InChI=1S/C20H26ClNO5/c1-12(2)10-27-17-15(21)7-13(8-16(17)26-3)18(23)22-9-14-5-4-6-20(14,11-22)19(24)25/h7-8,12,14H,4-6,9-11H2,1-3H3,(H,24,25)/t14-,20+/m0/s1. The molecule has 148 valence electrons. The Balaban J connectivity index is 1.83. The first-order valence-corrected chi connectivity index (χ1v) is 9.69. The lowest BCUT2D eigenvalue weighted by Gasteiger charge is -2.23. The topological polar surface area (TPSA) is 76.1 Å². The Labute approximate surface area is 164 Å². The fourth-order valence-corrected chi connectivity index (χ4v) is 4.47. The van der Waals surface area contributed by atoms with Gasteiger partial charge in [-0.05, 0) is 36.8 Å². The summed E-state index contributed by atoms with van der Waals surface area (Å²) in [7, 11) is 1.50. The molecule has 1 aromatic rings. The van der Waals surface area contributed by atoms with E-state index in [-0.39, 0.29) is 18.4 Å². The monoisotopic (exact) mass is 395 g/mol. The molecule has 0 unspecified atom stereocenters. The molecule has 1 saturated carbocycles. The second-order valence-corrected chi connectivity index (χ2v) is 8.34. The highest BCUT2D eigenvalue weighted by molar-refractivity contribution is 6.32. The molecule has 1 aliphatic heterocycles. The number of ether oxygens (including phenoxy) is 2. The predicted molar refractivity (Wildman–Crippen MR) is 102 cm³/mol. The summed E-state index contributed by atoms with van der Waals surface area (Å²) in [5, 5.41) is 10.0. The molecule has 0 aromatic heterocycles. The summed E-state index contributed by atoms with van der Waals surface area (Å²) in [6, 6.07) is 3.19. The zero-order valence-electron chi connectivity index (χ0n) is 16.0. The summed E-state index contributed by atoms with van der Waals surface area (Å²) in [5.74, 6) is 0.144. The lowest BCUT2D eigenvalue weighted by molar-refractivity contribution is -0.149. The summed E-state index contributed by atoms with van der Waals surface area (Å²) >= 11 is 6.35. The van der Waals surface area contributed by atoms with Crippen molar-refractivity contribution in [2.24, 2.45) is 17.3 Å². The molecule has 1 aliphatic carbocycles. The molecule has 0 bridgehead atoms. The number of amides is 1. The summed E-state index contributed by atoms with van der Waals surface area (Å²) in [5.41, 5.74) is -0.418. The fourth-order valence-electron chi connectivity index (χ4n) is 4.21. The Morgan fingerprint density at radius 2 is 2.15 bits per heavy atom. The van der Waals surface area contributed by atoms with Gasteiger partial charge in [-0.15, -0.1) is 0 Å². The first kappa shape index (κ1) is 19.8. The smallest absolute Gasteiger partial charge is 0.311 e. The van der Waals surface area contributed by atoms with Crippen LogP contribution in [0, 0.1) is 17.3 Å². The maximum Gasteiger partial charge on any atom is 0.311 e. The normalized spacial score (nSPS) is 24.2. The third kappa shape index (κ3) is 3.59. The first-order valence-electron chi connectivity index (χ1n) is 9.31. The highest BCUT2D eigenvalue weighted by Gasteiger charge is 2.55. The number of carboxylic acid groups (broad SMARTS) is 1. The van der Waals surface area contributed by atoms with E-state index in [0.717, 1.165) is 12.8 Å². The van der Waals surface area contributed by atoms with E-state index in [1.54, 1.807) is 17.0 Å². The van der Waals surface area contributed by atoms with Crippen molar-refractivity contribution < 1.29 is 24.2 Å². The molecule has 2 aliphatic rings. The Bertz CT molecular complexity index is 750. The van der Waals surface area contributed by atoms with Gasteiger partial charge in [0.15, 0.2) is 11.5 Å². The number of carboxylic acids is 1. The number of rotatable bonds is 6. The number of fused-ring (bicyclic) bond motifs is 1. The summed E-state index contributed by atoms with van der Waals surface area (Å²) in [6.45, 7) is 5.26. The molecule has 1 saturated heterocycles. The van der Waals surface area contributed by atoms with Crippen LogP contribution in [0.4, 0.5) is 0 Å². The minimum absolute atomic E-state index is 0.0185. The van der Waals surface area contributed by atoms with Gasteiger partial charge in [-0.2, -0.15) is 0 Å². The number of benzene rings is 1. The molecule has 27 heavy (non-hydrogen) atoms. The Hall–Kier alpha value is -1.95. The van der Waals surface area contributed by atoms with Gasteiger partial charge >= 0.3 is 5.97 Å². The van der Waals surface area contributed by atoms with Crippen LogP contribution in [0.5, 0.6) is 11.5 Å². The average Bonchev–Trinajstić information content (AvgIpc) is 3.17. The molecule has 2 atom stereocenters. The van der Waals surface area contributed by atoms with Crippen LogP contribution in [0.15, 0.2) is 12.1 Å². The second kappa shape index (κ2) is 7.58. The third-order valence-electron chi connectivity index (χ3n) is 5.62. The molecule has 1 amide bonds. The van der Waals surface area contributed by atoms with Crippen molar-refractivity contribution in [2.45, 2.75) is 33.1 Å². The van der Waals surface area contributed by atoms with Crippen molar-refractivity contribution >= 4 is 23.5 Å². The summed E-state index contributed by atoms with van der Waals surface area (Å²) in [6.07, 6.45) is 2.38. The quantitative estimate of drug-likeness (QED) is 0.794. The molecule has 7 heteroatoms. The van der Waals surface area contributed by atoms with E-state index in [9.17, 15) is 14.7 Å². The van der Waals surface area contributed by atoms with Crippen LogP contribution < -0.4 is 9.47 Å². The minimum Gasteiger partial charge on any atom is -0.493 e. The molecule has 1 heterocycles. The van der Waals surface area contributed by atoms with Gasteiger partial charge in [0, 0.05) is 18.7 Å². The number of carbonyl (C=O) groups excluding carboxylic acids is 1. The number of likely N-dealkylation sites (tertiary alicyclic amines) is 1. The Morgan fingerprint density at radius 1 is 1.41 bits per heavy atom. The van der Waals surface area contributed by atoms with Crippen LogP contribution in [0.1, 0.15) is 43.5 Å². The number of hydrogen-bond acceptors (Lipinski definition) is 4. The number of methoxy groups -OCH3 is 1. The summed E-state index contributed by atoms with van der Waals surface area (Å²) in [4.78, 5) is 26.5. The van der Waals surface area contributed by atoms with Gasteiger partial charge in [-0.25, -0.2) is 0 Å². The molecule has 0 spiro atoms. The maximum absolute atomic E-state index is 13.0. The highest BCUT2D eigenvalue weighted by atomic mass is 35.5. The molecular weight excluding hydrogens is 370 g/mol. The number of carbonyl (C=O) groups is 2. The van der Waals surface area contributed by atoms with Crippen molar-refractivity contribution in [2.75, 3.05) is 26.8 Å². The van der Waals surface area contributed by atoms with Crippen LogP contribution in [0.3, 0.4) is 0 Å². The SMILES string of the molecule is COc1cc(C(=O)N2C[C@@H]3CCC[C@@]3(C(=O)O)C2)cc(Cl)c1OCC(C)C. The maximum atomic E-state index is 13.0. The summed E-state index contributed by atoms with van der Waals surface area (Å²) < 4.78 is 11.1. The zero-order valence-corrected chi connectivity index (χ0v) is 16.7. The van der Waals surface area contributed by atoms with Gasteiger partial charge < -0.3 is 19.5 Å². The molecule has 6 nitrogen and oxygen atoms in total. The van der Waals surface area contributed by atoms with Gasteiger partial charge in [0.05, 0.1) is 24.2 Å². The van der Waals surface area contributed by atoms with Crippen LogP contribution >= 0.6 is 11.6 Å². The van der Waals surface area contributed by atoms with E-state index in [1.165, 1.54) is 7.11 Å². The Morgan fingerprint density at radius 3 is 2.74 bits per heavy atom. The van der Waals surface area contributed by atoms with Gasteiger partial charge in [-0.1, -0.05) is 31.9 Å². The van der Waals surface area contributed by atoms with E-state index in [1.807, 2.05) is 13.8 Å². The number of halogens is 1. The number of aliphatic carboxylic acids is 1. The average molecular weight is 396 g/mol. The van der Waals surface area contributed by atoms with Crippen LogP contribution in [-0.2, 0) is 4.79 Å². The van der Waals surface area contributed by atoms with Gasteiger partial charge in [0.2, 0.25) is 0 Å². The van der Waals surface area contributed by atoms with E-state index >= 15 is 0 Å². The zero-order chi connectivity index (χ0) is 19.8. The van der Waals surface area contributed by atoms with Crippen LogP contribution in [-0.4, -0.2) is 48.7 Å². The molecule has 1 N–H and O–H groups in total. The van der Waals surface area contributed by atoms with Crippen molar-refractivity contribution in [1.82, 2.24) is 4.90 Å². The second-order valence-electron chi connectivity index (χ2n) is 7.93. The van der Waals surface area contributed by atoms with E-state index < -0.39 is 11.4 Å². The van der Waals surface area contributed by atoms with Gasteiger partial charge in [0.1, 0.15) is 0 Å². The third-order valence-corrected chi connectivity index (χ3v) is 5.90.